The number of nitrogens with zero attached hydrogens (tertiary/aromatic N) is 4. The summed E-state index contributed by atoms with van der Waals surface area (Å²) in [6, 6.07) is 7.05. The molecule has 34 heavy (non-hydrogen) atoms. The Hall–Kier alpha value is -2.96. The number of hydrogen-bond donors (Lipinski definition) is 2. The number of nitrogens with one attached hydrogen (secondary N) is 1. The van der Waals surface area contributed by atoms with Crippen LogP contribution in [-0.4, -0.2) is 82.8 Å². The van der Waals surface area contributed by atoms with Crippen molar-refractivity contribution >= 4 is 17.7 Å². The number of carbonyl (C=O) groups is 3. The van der Waals surface area contributed by atoms with E-state index in [1.54, 1.807) is 11.9 Å². The number of benzene rings is 1. The van der Waals surface area contributed by atoms with Crippen LogP contribution >= 0.6 is 0 Å². The van der Waals surface area contributed by atoms with Crippen molar-refractivity contribution in [2.75, 3.05) is 20.1 Å². The molecule has 5 aliphatic rings. The zero-order chi connectivity index (χ0) is 23.7. The van der Waals surface area contributed by atoms with E-state index in [9.17, 15) is 19.6 Å². The van der Waals surface area contributed by atoms with Crippen LogP contribution in [0.15, 0.2) is 18.2 Å². The molecule has 0 radical (unpaired) electrons. The number of carbonyl (C=O) groups excluding carboxylic acids is 3. The van der Waals surface area contributed by atoms with Gasteiger partial charge in [0.2, 0.25) is 11.8 Å². The van der Waals surface area contributed by atoms with Crippen molar-refractivity contribution in [3.8, 4) is 6.07 Å². The molecule has 3 saturated heterocycles. The number of hydrogen-bond acceptors (Lipinski definition) is 6. The molecule has 2 bridgehead atoms. The standard InChI is InChI=1S/C25H30N6O3/c1-28-23(32)14-2-4-18-13(6-14)3-5-20(18)31-17-9-22(25(31)34)29(11-17)12-19(27)24(33)30-16(10-26)7-15-8-21(15)30/h2,4,6,15-17,19-22H,3,5,7-9,11-12,27H2,1H3,(H,28,32)/t15-,16+,17-,19+,20-,21?,22-/m1/s1. The summed E-state index contributed by atoms with van der Waals surface area (Å²) >= 11 is 0. The lowest BCUT2D eigenvalue weighted by molar-refractivity contribution is -0.141. The van der Waals surface area contributed by atoms with Gasteiger partial charge >= 0.3 is 0 Å². The fourth-order valence-corrected chi connectivity index (χ4v) is 6.88. The van der Waals surface area contributed by atoms with E-state index in [2.05, 4.69) is 16.3 Å². The fourth-order valence-electron chi connectivity index (χ4n) is 6.88. The van der Waals surface area contributed by atoms with Crippen molar-refractivity contribution in [3.05, 3.63) is 34.9 Å². The van der Waals surface area contributed by atoms with Crippen LogP contribution in [0.25, 0.3) is 0 Å². The molecule has 1 unspecified atom stereocenters. The van der Waals surface area contributed by atoms with Crippen molar-refractivity contribution < 1.29 is 14.4 Å². The Morgan fingerprint density at radius 3 is 2.82 bits per heavy atom. The second kappa shape index (κ2) is 7.79. The minimum atomic E-state index is -0.717. The average Bonchev–Trinajstić information content (AvgIpc) is 3.18. The van der Waals surface area contributed by atoms with Gasteiger partial charge < -0.3 is 20.9 Å². The lowest BCUT2D eigenvalue weighted by Crippen LogP contribution is -2.57. The highest BCUT2D eigenvalue weighted by molar-refractivity contribution is 5.94. The maximum absolute atomic E-state index is 13.4. The Labute approximate surface area is 198 Å². The highest BCUT2D eigenvalue weighted by Crippen LogP contribution is 2.48. The third-order valence-corrected chi connectivity index (χ3v) is 8.58. The van der Waals surface area contributed by atoms with Crippen LogP contribution in [0.4, 0.5) is 0 Å². The molecule has 1 saturated carbocycles. The molecule has 3 aliphatic heterocycles. The summed E-state index contributed by atoms with van der Waals surface area (Å²) in [7, 11) is 1.62. The molecule has 7 atom stereocenters. The first-order valence-electron chi connectivity index (χ1n) is 12.3. The molecule has 4 fully saturated rings. The molecule has 6 rings (SSSR count). The maximum Gasteiger partial charge on any atom is 0.251 e. The molecule has 1 aromatic carbocycles. The second-order valence-electron chi connectivity index (χ2n) is 10.4. The maximum atomic E-state index is 13.4. The number of nitrogens with two attached hydrogens (primary N) is 1. The lowest BCUT2D eigenvalue weighted by Gasteiger charge is -2.38. The molecule has 178 valence electrons. The number of nitriles is 1. The summed E-state index contributed by atoms with van der Waals surface area (Å²) < 4.78 is 0. The van der Waals surface area contributed by atoms with Crippen molar-refractivity contribution in [2.24, 2.45) is 11.7 Å². The van der Waals surface area contributed by atoms with Gasteiger partial charge in [0.1, 0.15) is 6.04 Å². The predicted octanol–water partition coefficient (Wildman–Crippen LogP) is 0.159. The minimum absolute atomic E-state index is 0.0430. The first-order valence-corrected chi connectivity index (χ1v) is 12.3. The number of piperidine rings is 1. The summed E-state index contributed by atoms with van der Waals surface area (Å²) in [5.41, 5.74) is 9.25. The second-order valence-corrected chi connectivity index (χ2v) is 10.4. The number of rotatable bonds is 5. The summed E-state index contributed by atoms with van der Waals surface area (Å²) in [4.78, 5) is 44.2. The number of amides is 3. The van der Waals surface area contributed by atoms with E-state index in [-0.39, 0.29) is 47.9 Å². The third kappa shape index (κ3) is 3.16. The molecule has 3 heterocycles. The van der Waals surface area contributed by atoms with Crippen LogP contribution < -0.4 is 11.1 Å². The molecular formula is C25H30N6O3. The summed E-state index contributed by atoms with van der Waals surface area (Å²) in [6.45, 7) is 1.07. The number of piperazine rings is 1. The van der Waals surface area contributed by atoms with E-state index in [1.165, 1.54) is 0 Å². The predicted molar refractivity (Wildman–Crippen MR) is 122 cm³/mol. The van der Waals surface area contributed by atoms with E-state index in [0.29, 0.717) is 24.6 Å². The zero-order valence-corrected chi connectivity index (χ0v) is 19.3. The van der Waals surface area contributed by atoms with Crippen LogP contribution in [0.3, 0.4) is 0 Å². The van der Waals surface area contributed by atoms with Gasteiger partial charge in [-0.25, -0.2) is 0 Å². The van der Waals surface area contributed by atoms with Gasteiger partial charge in [-0.15, -0.1) is 0 Å². The monoisotopic (exact) mass is 462 g/mol. The smallest absolute Gasteiger partial charge is 0.251 e. The van der Waals surface area contributed by atoms with Gasteiger partial charge in [-0.1, -0.05) is 6.07 Å². The minimum Gasteiger partial charge on any atom is -0.355 e. The van der Waals surface area contributed by atoms with Gasteiger partial charge in [0, 0.05) is 37.8 Å². The summed E-state index contributed by atoms with van der Waals surface area (Å²) in [5.74, 6) is 0.319. The molecule has 1 aromatic rings. The molecule has 3 N–H and O–H groups in total. The SMILES string of the molecule is CNC(=O)c1ccc2c(c1)CC[C@H]2N1C(=O)[C@H]2C[C@@H]1CN2C[C@H](N)C(=O)N1C2C[C@H]2C[C@H]1C#N. The molecule has 9 nitrogen and oxygen atoms in total. The van der Waals surface area contributed by atoms with Gasteiger partial charge in [-0.2, -0.15) is 5.26 Å². The Bertz CT molecular complexity index is 1110. The molecule has 0 spiro atoms. The summed E-state index contributed by atoms with van der Waals surface area (Å²) in [6.07, 6.45) is 4.22. The normalized spacial score (nSPS) is 34.1. The van der Waals surface area contributed by atoms with E-state index in [0.717, 1.165) is 43.2 Å². The molecule has 3 amide bonds. The highest BCUT2D eigenvalue weighted by atomic mass is 16.2. The Balaban J connectivity index is 1.12. The van der Waals surface area contributed by atoms with Crippen LogP contribution in [0.1, 0.15) is 53.2 Å². The lowest BCUT2D eigenvalue weighted by atomic mass is 10.0. The van der Waals surface area contributed by atoms with Gasteiger partial charge in [0.15, 0.2) is 0 Å². The molecular weight excluding hydrogens is 432 g/mol. The third-order valence-electron chi connectivity index (χ3n) is 8.58. The number of aryl methyl sites for hydroxylation is 1. The van der Waals surface area contributed by atoms with Crippen molar-refractivity contribution in [1.82, 2.24) is 20.0 Å². The van der Waals surface area contributed by atoms with Crippen LogP contribution in [0.5, 0.6) is 0 Å². The van der Waals surface area contributed by atoms with E-state index in [4.69, 9.17) is 5.73 Å². The zero-order valence-electron chi connectivity index (χ0n) is 19.3. The number of likely N-dealkylation sites (tertiary alicyclic amines) is 3. The Morgan fingerprint density at radius 1 is 1.26 bits per heavy atom. The van der Waals surface area contributed by atoms with Crippen molar-refractivity contribution in [1.29, 1.82) is 5.26 Å². The van der Waals surface area contributed by atoms with E-state index < -0.39 is 6.04 Å². The Morgan fingerprint density at radius 2 is 2.09 bits per heavy atom. The van der Waals surface area contributed by atoms with E-state index >= 15 is 0 Å². The first-order chi connectivity index (χ1) is 16.4. The van der Waals surface area contributed by atoms with Gasteiger partial charge in [-0.3, -0.25) is 19.3 Å². The van der Waals surface area contributed by atoms with Crippen LogP contribution in [-0.2, 0) is 16.0 Å². The van der Waals surface area contributed by atoms with Crippen LogP contribution in [0, 0.1) is 17.2 Å². The van der Waals surface area contributed by atoms with Gasteiger partial charge in [0.25, 0.3) is 5.91 Å². The van der Waals surface area contributed by atoms with Gasteiger partial charge in [0.05, 0.1) is 24.2 Å². The highest BCUT2D eigenvalue weighted by Gasteiger charge is 2.56. The first kappa shape index (κ1) is 21.6. The topological polar surface area (TPSA) is 123 Å². The van der Waals surface area contributed by atoms with Crippen LogP contribution in [0.2, 0.25) is 0 Å². The average molecular weight is 463 g/mol. The van der Waals surface area contributed by atoms with E-state index in [1.807, 2.05) is 23.1 Å². The molecule has 2 aliphatic carbocycles. The molecule has 0 aromatic heterocycles. The van der Waals surface area contributed by atoms with Crippen molar-refractivity contribution in [2.45, 2.75) is 68.4 Å². The Kier molecular flexibility index (Phi) is 4.94. The van der Waals surface area contributed by atoms with Crippen molar-refractivity contribution in [3.63, 3.8) is 0 Å². The quantitative estimate of drug-likeness (QED) is 0.643. The molecule has 9 heteroatoms. The largest absolute Gasteiger partial charge is 0.355 e. The number of fused-ring (bicyclic) bond motifs is 4. The fraction of sp³-hybridized carbons (Fsp3) is 0.600. The summed E-state index contributed by atoms with van der Waals surface area (Å²) in [5, 5.41) is 12.1. The van der Waals surface area contributed by atoms with Gasteiger partial charge in [-0.05, 0) is 61.3 Å².